The number of rotatable bonds is 5. The second kappa shape index (κ2) is 6.35. The van der Waals surface area contributed by atoms with Gasteiger partial charge in [-0.3, -0.25) is 4.98 Å². The molecule has 0 amide bonds. The van der Waals surface area contributed by atoms with E-state index in [1.807, 2.05) is 28.8 Å². The summed E-state index contributed by atoms with van der Waals surface area (Å²) in [7, 11) is 1.60. The second-order valence-electron chi connectivity index (χ2n) is 6.05. The lowest BCUT2D eigenvalue weighted by molar-refractivity contribution is 0.0686. The van der Waals surface area contributed by atoms with E-state index >= 15 is 0 Å². The van der Waals surface area contributed by atoms with E-state index in [2.05, 4.69) is 18.8 Å². The van der Waals surface area contributed by atoms with Gasteiger partial charge in [-0.2, -0.15) is 0 Å². The van der Waals surface area contributed by atoms with Gasteiger partial charge >= 0.3 is 5.97 Å². The summed E-state index contributed by atoms with van der Waals surface area (Å²) in [5.41, 5.74) is 3.10. The largest absolute Gasteiger partial charge is 0.497 e. The van der Waals surface area contributed by atoms with Gasteiger partial charge in [-0.1, -0.05) is 32.0 Å². The molecule has 0 unspecified atom stereocenters. The van der Waals surface area contributed by atoms with Crippen LogP contribution >= 0.6 is 0 Å². The maximum absolute atomic E-state index is 11.7. The van der Waals surface area contributed by atoms with Gasteiger partial charge in [0, 0.05) is 17.6 Å². The Kier molecular flexibility index (Phi) is 4.25. The molecular weight excluding hydrogens is 304 g/mol. The zero-order valence-corrected chi connectivity index (χ0v) is 14.0. The topological polar surface area (TPSA) is 64.4 Å². The molecule has 5 heteroatoms. The van der Waals surface area contributed by atoms with E-state index in [4.69, 9.17) is 4.74 Å². The SMILES string of the molecule is COc1ccnc(Cn2c(C(=O)O)cc3cccc(C(C)C)c32)c1. The first kappa shape index (κ1) is 16.1. The van der Waals surface area contributed by atoms with Crippen molar-refractivity contribution in [1.82, 2.24) is 9.55 Å². The van der Waals surface area contributed by atoms with Crippen molar-refractivity contribution in [3.63, 3.8) is 0 Å². The maximum Gasteiger partial charge on any atom is 0.352 e. The molecule has 0 fully saturated rings. The lowest BCUT2D eigenvalue weighted by Gasteiger charge is -2.14. The maximum atomic E-state index is 11.7. The number of fused-ring (bicyclic) bond motifs is 1. The molecule has 0 aliphatic carbocycles. The zero-order valence-electron chi connectivity index (χ0n) is 14.0. The Hall–Kier alpha value is -2.82. The third-order valence-corrected chi connectivity index (χ3v) is 4.14. The zero-order chi connectivity index (χ0) is 17.3. The van der Waals surface area contributed by atoms with Gasteiger partial charge in [-0.25, -0.2) is 4.79 Å². The van der Waals surface area contributed by atoms with E-state index in [1.54, 1.807) is 25.4 Å². The minimum atomic E-state index is -0.941. The minimum Gasteiger partial charge on any atom is -0.497 e. The van der Waals surface area contributed by atoms with Crippen LogP contribution in [-0.2, 0) is 6.54 Å². The molecule has 24 heavy (non-hydrogen) atoms. The highest BCUT2D eigenvalue weighted by Crippen LogP contribution is 2.29. The Bertz CT molecular complexity index is 897. The molecule has 3 aromatic rings. The number of hydrogen-bond acceptors (Lipinski definition) is 3. The number of carboxylic acids is 1. The molecule has 0 radical (unpaired) electrons. The third kappa shape index (κ3) is 2.85. The highest BCUT2D eigenvalue weighted by Gasteiger charge is 2.18. The average molecular weight is 324 g/mol. The molecule has 0 aliphatic rings. The van der Waals surface area contributed by atoms with Gasteiger partial charge < -0.3 is 14.4 Å². The number of carbonyl (C=O) groups is 1. The number of carboxylic acid groups (broad SMARTS) is 1. The van der Waals surface area contributed by atoms with Crippen LogP contribution in [0.4, 0.5) is 0 Å². The number of benzene rings is 1. The Morgan fingerprint density at radius 1 is 1.29 bits per heavy atom. The highest BCUT2D eigenvalue weighted by atomic mass is 16.5. The molecule has 1 aromatic carbocycles. The molecule has 2 heterocycles. The molecule has 0 atom stereocenters. The van der Waals surface area contributed by atoms with Gasteiger partial charge in [-0.15, -0.1) is 0 Å². The molecule has 0 saturated heterocycles. The number of nitrogens with zero attached hydrogens (tertiary/aromatic N) is 2. The molecule has 0 spiro atoms. The lowest BCUT2D eigenvalue weighted by Crippen LogP contribution is -2.11. The molecule has 3 rings (SSSR count). The Labute approximate surface area is 140 Å². The second-order valence-corrected chi connectivity index (χ2v) is 6.05. The predicted octanol–water partition coefficient (Wildman–Crippen LogP) is 3.91. The molecule has 2 aromatic heterocycles. The van der Waals surface area contributed by atoms with Gasteiger partial charge in [-0.05, 0) is 23.6 Å². The van der Waals surface area contributed by atoms with Crippen molar-refractivity contribution in [2.75, 3.05) is 7.11 Å². The van der Waals surface area contributed by atoms with Crippen molar-refractivity contribution >= 4 is 16.9 Å². The van der Waals surface area contributed by atoms with Gasteiger partial charge in [0.25, 0.3) is 0 Å². The van der Waals surface area contributed by atoms with Gasteiger partial charge in [0.15, 0.2) is 0 Å². The fraction of sp³-hybridized carbons (Fsp3) is 0.263. The Balaban J connectivity index is 2.20. The number of ether oxygens (including phenoxy) is 1. The minimum absolute atomic E-state index is 0.266. The summed E-state index contributed by atoms with van der Waals surface area (Å²) in [5.74, 6) is 0.0588. The molecule has 1 N–H and O–H groups in total. The van der Waals surface area contributed by atoms with Crippen LogP contribution in [0.5, 0.6) is 5.75 Å². The van der Waals surface area contributed by atoms with Crippen molar-refractivity contribution < 1.29 is 14.6 Å². The van der Waals surface area contributed by atoms with Crippen LogP contribution in [0.1, 0.15) is 41.5 Å². The standard InChI is InChI=1S/C19H20N2O3/c1-12(2)16-6-4-5-13-9-17(19(22)23)21(18(13)16)11-14-10-15(24-3)7-8-20-14/h4-10,12H,11H2,1-3H3,(H,22,23). The number of methoxy groups -OCH3 is 1. The van der Waals surface area contributed by atoms with Crippen LogP contribution in [0, 0.1) is 0 Å². The van der Waals surface area contributed by atoms with Crippen molar-refractivity contribution in [2.24, 2.45) is 0 Å². The number of hydrogen-bond donors (Lipinski definition) is 1. The van der Waals surface area contributed by atoms with Crippen LogP contribution in [0.15, 0.2) is 42.6 Å². The van der Waals surface area contributed by atoms with Crippen LogP contribution in [-0.4, -0.2) is 27.7 Å². The van der Waals surface area contributed by atoms with Gasteiger partial charge in [0.05, 0.1) is 24.9 Å². The number of para-hydroxylation sites is 1. The monoisotopic (exact) mass is 324 g/mol. The molecule has 0 bridgehead atoms. The first-order valence-electron chi connectivity index (χ1n) is 7.85. The van der Waals surface area contributed by atoms with E-state index in [0.29, 0.717) is 18.2 Å². The number of aromatic carboxylic acids is 1. The fourth-order valence-corrected chi connectivity index (χ4v) is 2.99. The first-order chi connectivity index (χ1) is 11.5. The summed E-state index contributed by atoms with van der Waals surface area (Å²) >= 11 is 0. The van der Waals surface area contributed by atoms with Gasteiger partial charge in [0.2, 0.25) is 0 Å². The van der Waals surface area contributed by atoms with Crippen LogP contribution in [0.2, 0.25) is 0 Å². The van der Waals surface area contributed by atoms with Crippen molar-refractivity contribution in [1.29, 1.82) is 0 Å². The van der Waals surface area contributed by atoms with E-state index in [1.165, 1.54) is 0 Å². The molecular formula is C19H20N2O3. The van der Waals surface area contributed by atoms with E-state index in [-0.39, 0.29) is 5.69 Å². The van der Waals surface area contributed by atoms with E-state index in [9.17, 15) is 9.90 Å². The predicted molar refractivity (Wildman–Crippen MR) is 92.9 cm³/mol. The normalized spacial score (nSPS) is 11.2. The number of pyridine rings is 1. The third-order valence-electron chi connectivity index (χ3n) is 4.14. The molecule has 0 saturated carbocycles. The van der Waals surface area contributed by atoms with Crippen molar-refractivity contribution in [3.8, 4) is 5.75 Å². The number of aromatic nitrogens is 2. The van der Waals surface area contributed by atoms with E-state index in [0.717, 1.165) is 22.2 Å². The van der Waals surface area contributed by atoms with E-state index < -0.39 is 5.97 Å². The van der Waals surface area contributed by atoms with Gasteiger partial charge in [0.1, 0.15) is 11.4 Å². The molecule has 0 aliphatic heterocycles. The molecule has 124 valence electrons. The lowest BCUT2D eigenvalue weighted by atomic mass is 10.0. The van der Waals surface area contributed by atoms with Crippen molar-refractivity contribution in [3.05, 3.63) is 59.5 Å². The fourth-order valence-electron chi connectivity index (χ4n) is 2.99. The Morgan fingerprint density at radius 3 is 2.75 bits per heavy atom. The van der Waals surface area contributed by atoms with Crippen LogP contribution in [0.25, 0.3) is 10.9 Å². The van der Waals surface area contributed by atoms with Crippen molar-refractivity contribution in [2.45, 2.75) is 26.3 Å². The quantitative estimate of drug-likeness (QED) is 0.772. The summed E-state index contributed by atoms with van der Waals surface area (Å²) in [6.45, 7) is 4.60. The van der Waals surface area contributed by atoms with Crippen LogP contribution in [0.3, 0.4) is 0 Å². The first-order valence-corrected chi connectivity index (χ1v) is 7.85. The summed E-state index contributed by atoms with van der Waals surface area (Å²) in [6.07, 6.45) is 1.67. The summed E-state index contributed by atoms with van der Waals surface area (Å²) < 4.78 is 7.06. The Morgan fingerprint density at radius 2 is 2.08 bits per heavy atom. The average Bonchev–Trinajstić information content (AvgIpc) is 2.94. The smallest absolute Gasteiger partial charge is 0.352 e. The summed E-state index contributed by atoms with van der Waals surface area (Å²) in [6, 6.07) is 11.3. The summed E-state index contributed by atoms with van der Waals surface area (Å²) in [4.78, 5) is 16.1. The highest BCUT2D eigenvalue weighted by molar-refractivity contribution is 5.96. The summed E-state index contributed by atoms with van der Waals surface area (Å²) in [5, 5.41) is 10.5. The molecule has 5 nitrogen and oxygen atoms in total. The van der Waals surface area contributed by atoms with Crippen LogP contribution < -0.4 is 4.74 Å².